The maximum Gasteiger partial charge on any atom is 0.0939 e. The van der Waals surface area contributed by atoms with Crippen LogP contribution in [0.25, 0.3) is 0 Å². The van der Waals surface area contributed by atoms with Gasteiger partial charge in [-0.3, -0.25) is 0 Å². The molecule has 2 heteroatoms. The van der Waals surface area contributed by atoms with E-state index in [2.05, 4.69) is 6.92 Å². The Bertz CT molecular complexity index is 145. The molecule has 0 aromatic carbocycles. The van der Waals surface area contributed by atoms with Crippen LogP contribution in [0.15, 0.2) is 0 Å². The summed E-state index contributed by atoms with van der Waals surface area (Å²) in [4.78, 5) is 0. The minimum atomic E-state index is -0.257. The topological polar surface area (TPSA) is 29.5 Å². The summed E-state index contributed by atoms with van der Waals surface area (Å²) in [6.45, 7) is 4.86. The predicted molar refractivity (Wildman–Crippen MR) is 58.4 cm³/mol. The summed E-state index contributed by atoms with van der Waals surface area (Å²) in [6, 6.07) is 0. The van der Waals surface area contributed by atoms with Crippen molar-refractivity contribution < 1.29 is 9.84 Å². The van der Waals surface area contributed by atoms with Crippen LogP contribution < -0.4 is 0 Å². The van der Waals surface area contributed by atoms with Crippen LogP contribution in [0.4, 0.5) is 0 Å². The van der Waals surface area contributed by atoms with E-state index in [1.165, 1.54) is 19.3 Å². The lowest BCUT2D eigenvalue weighted by molar-refractivity contribution is -0.141. The summed E-state index contributed by atoms with van der Waals surface area (Å²) in [5, 5.41) is 10.1. The van der Waals surface area contributed by atoms with Crippen molar-refractivity contribution in [2.24, 2.45) is 0 Å². The number of rotatable bonds is 5. The van der Waals surface area contributed by atoms with E-state index in [1.54, 1.807) is 0 Å². The van der Waals surface area contributed by atoms with Crippen LogP contribution in [0.1, 0.15) is 58.8 Å². The lowest BCUT2D eigenvalue weighted by atomic mass is 9.79. The fraction of sp³-hybridized carbons (Fsp3) is 1.00. The SMILES string of the molecule is CCCC(O)C1(OCC)CCCCC1. The van der Waals surface area contributed by atoms with E-state index in [0.717, 1.165) is 32.3 Å². The molecule has 0 spiro atoms. The molecule has 1 unspecified atom stereocenters. The third-order valence-electron chi connectivity index (χ3n) is 3.30. The first kappa shape index (κ1) is 12.0. The molecule has 0 aliphatic heterocycles. The molecule has 1 N–H and O–H groups in total. The van der Waals surface area contributed by atoms with Crippen LogP contribution in [0, 0.1) is 0 Å². The Kier molecular flexibility index (Phi) is 4.90. The van der Waals surface area contributed by atoms with Crippen molar-refractivity contribution in [2.45, 2.75) is 70.5 Å². The van der Waals surface area contributed by atoms with E-state index >= 15 is 0 Å². The van der Waals surface area contributed by atoms with Crippen molar-refractivity contribution in [3.05, 3.63) is 0 Å². The zero-order chi connectivity index (χ0) is 10.4. The maximum absolute atomic E-state index is 10.1. The van der Waals surface area contributed by atoms with Gasteiger partial charge in [0.25, 0.3) is 0 Å². The second kappa shape index (κ2) is 5.72. The van der Waals surface area contributed by atoms with Crippen molar-refractivity contribution in [1.29, 1.82) is 0 Å². The molecule has 0 amide bonds. The first-order valence-corrected chi connectivity index (χ1v) is 6.07. The molecule has 1 atom stereocenters. The molecule has 1 fully saturated rings. The minimum Gasteiger partial charge on any atom is -0.390 e. The van der Waals surface area contributed by atoms with E-state index in [4.69, 9.17) is 4.74 Å². The molecule has 14 heavy (non-hydrogen) atoms. The Labute approximate surface area is 87.7 Å². The molecule has 1 aliphatic carbocycles. The molecule has 0 radical (unpaired) electrons. The highest BCUT2D eigenvalue weighted by molar-refractivity contribution is 4.90. The Balaban J connectivity index is 2.58. The number of aliphatic hydroxyl groups is 1. The van der Waals surface area contributed by atoms with Crippen LogP contribution in [0.5, 0.6) is 0 Å². The van der Waals surface area contributed by atoms with Gasteiger partial charge in [0, 0.05) is 6.61 Å². The Morgan fingerprint density at radius 2 is 1.86 bits per heavy atom. The first-order chi connectivity index (χ1) is 6.75. The lowest BCUT2D eigenvalue weighted by Crippen LogP contribution is -2.46. The average Bonchev–Trinajstić information content (AvgIpc) is 2.20. The van der Waals surface area contributed by atoms with Crippen LogP contribution in [0.2, 0.25) is 0 Å². The number of aliphatic hydroxyl groups excluding tert-OH is 1. The molecule has 2 nitrogen and oxygen atoms in total. The molecule has 0 aromatic heterocycles. The minimum absolute atomic E-state index is 0.205. The zero-order valence-corrected chi connectivity index (χ0v) is 9.59. The van der Waals surface area contributed by atoms with Gasteiger partial charge >= 0.3 is 0 Å². The molecule has 0 bridgehead atoms. The zero-order valence-electron chi connectivity index (χ0n) is 9.59. The van der Waals surface area contributed by atoms with Gasteiger partial charge in [-0.1, -0.05) is 32.6 Å². The summed E-state index contributed by atoms with van der Waals surface area (Å²) < 4.78 is 5.83. The van der Waals surface area contributed by atoms with Crippen molar-refractivity contribution in [1.82, 2.24) is 0 Å². The van der Waals surface area contributed by atoms with Crippen molar-refractivity contribution in [3.63, 3.8) is 0 Å². The fourth-order valence-corrected chi connectivity index (χ4v) is 2.55. The van der Waals surface area contributed by atoms with Gasteiger partial charge in [-0.2, -0.15) is 0 Å². The Hall–Kier alpha value is -0.0800. The Morgan fingerprint density at radius 1 is 1.21 bits per heavy atom. The molecule has 1 saturated carbocycles. The van der Waals surface area contributed by atoms with Crippen LogP contribution >= 0.6 is 0 Å². The molecule has 0 heterocycles. The van der Waals surface area contributed by atoms with Crippen LogP contribution in [0.3, 0.4) is 0 Å². The van der Waals surface area contributed by atoms with E-state index < -0.39 is 0 Å². The molecular formula is C12H24O2. The van der Waals surface area contributed by atoms with Gasteiger partial charge in [0.2, 0.25) is 0 Å². The van der Waals surface area contributed by atoms with Gasteiger partial charge in [-0.05, 0) is 26.2 Å². The van der Waals surface area contributed by atoms with E-state index in [9.17, 15) is 5.11 Å². The predicted octanol–water partition coefficient (Wildman–Crippen LogP) is 2.89. The summed E-state index contributed by atoms with van der Waals surface area (Å²) in [7, 11) is 0. The summed E-state index contributed by atoms with van der Waals surface area (Å²) in [5.74, 6) is 0. The van der Waals surface area contributed by atoms with E-state index in [1.807, 2.05) is 6.92 Å². The fourth-order valence-electron chi connectivity index (χ4n) is 2.55. The summed E-state index contributed by atoms with van der Waals surface area (Å²) in [6.07, 6.45) is 7.46. The largest absolute Gasteiger partial charge is 0.390 e. The van der Waals surface area contributed by atoms with Gasteiger partial charge in [0.05, 0.1) is 11.7 Å². The van der Waals surface area contributed by atoms with Crippen LogP contribution in [-0.4, -0.2) is 23.4 Å². The smallest absolute Gasteiger partial charge is 0.0939 e. The number of ether oxygens (including phenoxy) is 1. The highest BCUT2D eigenvalue weighted by Gasteiger charge is 2.38. The summed E-state index contributed by atoms with van der Waals surface area (Å²) in [5.41, 5.74) is -0.205. The average molecular weight is 200 g/mol. The van der Waals surface area contributed by atoms with Gasteiger partial charge in [-0.25, -0.2) is 0 Å². The second-order valence-electron chi connectivity index (χ2n) is 4.36. The maximum atomic E-state index is 10.1. The molecule has 1 rings (SSSR count). The van der Waals surface area contributed by atoms with E-state index in [-0.39, 0.29) is 11.7 Å². The van der Waals surface area contributed by atoms with E-state index in [0.29, 0.717) is 0 Å². The van der Waals surface area contributed by atoms with Crippen molar-refractivity contribution in [2.75, 3.05) is 6.61 Å². The summed E-state index contributed by atoms with van der Waals surface area (Å²) >= 11 is 0. The standard InChI is InChI=1S/C12H24O2/c1-3-8-11(13)12(14-4-2)9-6-5-7-10-12/h11,13H,3-10H2,1-2H3. The third-order valence-corrected chi connectivity index (χ3v) is 3.30. The highest BCUT2D eigenvalue weighted by atomic mass is 16.5. The molecule has 0 saturated heterocycles. The van der Waals surface area contributed by atoms with Gasteiger partial charge < -0.3 is 9.84 Å². The monoisotopic (exact) mass is 200 g/mol. The van der Waals surface area contributed by atoms with Gasteiger partial charge in [0.1, 0.15) is 0 Å². The normalized spacial score (nSPS) is 23.4. The van der Waals surface area contributed by atoms with Gasteiger partial charge in [0.15, 0.2) is 0 Å². The quantitative estimate of drug-likeness (QED) is 0.739. The van der Waals surface area contributed by atoms with Crippen molar-refractivity contribution in [3.8, 4) is 0 Å². The molecule has 84 valence electrons. The number of hydrogen-bond acceptors (Lipinski definition) is 2. The first-order valence-electron chi connectivity index (χ1n) is 6.07. The molecule has 0 aromatic rings. The van der Waals surface area contributed by atoms with Gasteiger partial charge in [-0.15, -0.1) is 0 Å². The third kappa shape index (κ3) is 2.71. The number of hydrogen-bond donors (Lipinski definition) is 1. The van der Waals surface area contributed by atoms with Crippen LogP contribution in [-0.2, 0) is 4.74 Å². The Morgan fingerprint density at radius 3 is 2.36 bits per heavy atom. The molecular weight excluding hydrogens is 176 g/mol. The van der Waals surface area contributed by atoms with Crippen molar-refractivity contribution >= 4 is 0 Å². The lowest BCUT2D eigenvalue weighted by Gasteiger charge is -2.40. The molecule has 1 aliphatic rings. The second-order valence-corrected chi connectivity index (χ2v) is 4.36. The highest BCUT2D eigenvalue weighted by Crippen LogP contribution is 2.36.